The van der Waals surface area contributed by atoms with Crippen molar-refractivity contribution in [3.8, 4) is 0 Å². The van der Waals surface area contributed by atoms with E-state index in [1.165, 1.54) is 0 Å². The highest BCUT2D eigenvalue weighted by Gasteiger charge is 2.07. The summed E-state index contributed by atoms with van der Waals surface area (Å²) >= 11 is 3.31. The molecule has 1 aliphatic rings. The zero-order valence-corrected chi connectivity index (χ0v) is 7.23. The minimum Gasteiger partial charge on any atom is -0.481 e. The molecule has 0 aromatic rings. The Morgan fingerprint density at radius 1 is 1.80 bits per heavy atom. The summed E-state index contributed by atoms with van der Waals surface area (Å²) in [7, 11) is 1.59. The molecule has 56 valence electrons. The lowest BCUT2D eigenvalue weighted by atomic mass is 10.3. The first-order valence-corrected chi connectivity index (χ1v) is 3.67. The maximum absolute atomic E-state index is 5.57. The third-order valence-electron chi connectivity index (χ3n) is 1.20. The van der Waals surface area contributed by atoms with Crippen LogP contribution in [0.15, 0.2) is 22.1 Å². The van der Waals surface area contributed by atoms with Crippen molar-refractivity contribution in [3.63, 3.8) is 0 Å². The summed E-state index contributed by atoms with van der Waals surface area (Å²) in [4.78, 5) is 0. The lowest BCUT2D eigenvalue weighted by molar-refractivity contribution is 0.259. The summed E-state index contributed by atoms with van der Waals surface area (Å²) in [5.41, 5.74) is 6.19. The molecule has 0 aliphatic carbocycles. The molecule has 0 fully saturated rings. The van der Waals surface area contributed by atoms with Gasteiger partial charge in [-0.25, -0.2) is 0 Å². The molecule has 10 heavy (non-hydrogen) atoms. The van der Waals surface area contributed by atoms with Gasteiger partial charge in [0.2, 0.25) is 5.88 Å². The van der Waals surface area contributed by atoms with Crippen molar-refractivity contribution < 1.29 is 4.74 Å². The number of nitrogens with two attached hydrogens (primary N) is 1. The topological polar surface area (TPSA) is 47.3 Å². The fraction of sp³-hybridized carbons (Fsp3) is 0.333. The van der Waals surface area contributed by atoms with E-state index < -0.39 is 0 Å². The average molecular weight is 205 g/mol. The highest BCUT2D eigenvalue weighted by molar-refractivity contribution is 9.11. The van der Waals surface area contributed by atoms with Gasteiger partial charge in [0.15, 0.2) is 0 Å². The molecule has 0 amide bonds. The fourth-order valence-corrected chi connectivity index (χ4v) is 1.13. The van der Waals surface area contributed by atoms with Gasteiger partial charge in [-0.15, -0.1) is 0 Å². The molecular formula is C6H9BrN2O. The van der Waals surface area contributed by atoms with Gasteiger partial charge in [0.05, 0.1) is 12.8 Å². The van der Waals surface area contributed by atoms with Gasteiger partial charge in [-0.3, -0.25) is 0 Å². The van der Waals surface area contributed by atoms with Crippen LogP contribution in [-0.2, 0) is 4.74 Å². The van der Waals surface area contributed by atoms with Gasteiger partial charge in [0.1, 0.15) is 0 Å². The minimum absolute atomic E-state index is 0.626. The van der Waals surface area contributed by atoms with Crippen LogP contribution in [0, 0.1) is 0 Å². The van der Waals surface area contributed by atoms with Crippen molar-refractivity contribution in [1.29, 1.82) is 0 Å². The molecule has 3 nitrogen and oxygen atoms in total. The Labute approximate surface area is 68.0 Å². The van der Waals surface area contributed by atoms with Crippen LogP contribution in [0.2, 0.25) is 0 Å². The summed E-state index contributed by atoms with van der Waals surface area (Å²) in [5.74, 6) is 0.642. The molecule has 0 aromatic carbocycles. The second kappa shape index (κ2) is 2.96. The zero-order valence-electron chi connectivity index (χ0n) is 5.65. The van der Waals surface area contributed by atoms with Crippen LogP contribution >= 0.6 is 15.9 Å². The van der Waals surface area contributed by atoms with E-state index in [0.717, 1.165) is 11.0 Å². The molecule has 0 radical (unpaired) electrons. The molecule has 4 heteroatoms. The second-order valence-electron chi connectivity index (χ2n) is 1.93. The van der Waals surface area contributed by atoms with Gasteiger partial charge in [0.25, 0.3) is 0 Å². The standard InChI is InChI=1S/C6H9BrN2O/c1-10-6-5(8)2-4(7)3-9-6/h2,9H,3,8H2,1H3. The lowest BCUT2D eigenvalue weighted by Crippen LogP contribution is -2.24. The Balaban J connectivity index is 2.80. The first-order valence-electron chi connectivity index (χ1n) is 2.87. The van der Waals surface area contributed by atoms with Crippen molar-refractivity contribution in [3.05, 3.63) is 22.1 Å². The average Bonchev–Trinajstić information content (AvgIpc) is 1.88. The smallest absolute Gasteiger partial charge is 0.210 e. The third kappa shape index (κ3) is 1.44. The molecular weight excluding hydrogens is 196 g/mol. The van der Waals surface area contributed by atoms with E-state index in [1.807, 2.05) is 6.08 Å². The first-order chi connectivity index (χ1) is 4.74. The van der Waals surface area contributed by atoms with E-state index in [9.17, 15) is 0 Å². The van der Waals surface area contributed by atoms with Crippen LogP contribution in [-0.4, -0.2) is 13.7 Å². The number of nitrogens with one attached hydrogen (secondary N) is 1. The molecule has 0 unspecified atom stereocenters. The molecule has 3 N–H and O–H groups in total. The van der Waals surface area contributed by atoms with Crippen molar-refractivity contribution in [1.82, 2.24) is 5.32 Å². The summed E-state index contributed by atoms with van der Waals surface area (Å²) in [5, 5.41) is 2.99. The third-order valence-corrected chi connectivity index (χ3v) is 1.71. The van der Waals surface area contributed by atoms with Gasteiger partial charge < -0.3 is 15.8 Å². The van der Waals surface area contributed by atoms with E-state index in [1.54, 1.807) is 7.11 Å². The Kier molecular flexibility index (Phi) is 2.21. The fourth-order valence-electron chi connectivity index (χ4n) is 0.742. The number of dihydropyridines is 1. The molecule has 0 saturated heterocycles. The van der Waals surface area contributed by atoms with E-state index in [-0.39, 0.29) is 0 Å². The minimum atomic E-state index is 0.626. The van der Waals surface area contributed by atoms with Gasteiger partial charge in [-0.2, -0.15) is 0 Å². The highest BCUT2D eigenvalue weighted by atomic mass is 79.9. The van der Waals surface area contributed by atoms with Crippen LogP contribution in [0.5, 0.6) is 0 Å². The quantitative estimate of drug-likeness (QED) is 0.660. The van der Waals surface area contributed by atoms with E-state index in [4.69, 9.17) is 10.5 Å². The van der Waals surface area contributed by atoms with E-state index >= 15 is 0 Å². The van der Waals surface area contributed by atoms with Crippen molar-refractivity contribution in [2.24, 2.45) is 5.73 Å². The summed E-state index contributed by atoms with van der Waals surface area (Å²) in [6, 6.07) is 0. The van der Waals surface area contributed by atoms with E-state index in [0.29, 0.717) is 11.6 Å². The van der Waals surface area contributed by atoms with Crippen LogP contribution in [0.25, 0.3) is 0 Å². The predicted octanol–water partition coefficient (Wildman–Crippen LogP) is 0.643. The number of allylic oxidation sites excluding steroid dienone is 1. The van der Waals surface area contributed by atoms with Crippen molar-refractivity contribution in [2.45, 2.75) is 0 Å². The Morgan fingerprint density at radius 2 is 2.50 bits per heavy atom. The molecule has 1 rings (SSSR count). The number of halogens is 1. The monoisotopic (exact) mass is 204 g/mol. The number of hydrogen-bond donors (Lipinski definition) is 2. The Hall–Kier alpha value is -0.640. The van der Waals surface area contributed by atoms with Crippen molar-refractivity contribution in [2.75, 3.05) is 13.7 Å². The highest BCUT2D eigenvalue weighted by Crippen LogP contribution is 2.12. The summed E-state index contributed by atoms with van der Waals surface area (Å²) in [6.45, 7) is 0.740. The van der Waals surface area contributed by atoms with Gasteiger partial charge in [0, 0.05) is 11.0 Å². The zero-order chi connectivity index (χ0) is 7.56. The largest absolute Gasteiger partial charge is 0.481 e. The van der Waals surface area contributed by atoms with Gasteiger partial charge in [-0.05, 0) is 6.08 Å². The van der Waals surface area contributed by atoms with Crippen LogP contribution in [0.4, 0.5) is 0 Å². The maximum Gasteiger partial charge on any atom is 0.210 e. The van der Waals surface area contributed by atoms with Gasteiger partial charge in [-0.1, -0.05) is 15.9 Å². The molecule has 1 aliphatic heterocycles. The number of ether oxygens (including phenoxy) is 1. The Bertz CT molecular complexity index is 198. The summed E-state index contributed by atoms with van der Waals surface area (Å²) < 4.78 is 5.96. The Morgan fingerprint density at radius 3 is 3.00 bits per heavy atom. The molecule has 0 saturated carbocycles. The van der Waals surface area contributed by atoms with Crippen LogP contribution in [0.1, 0.15) is 0 Å². The number of methoxy groups -OCH3 is 1. The normalized spacial score (nSPS) is 18.0. The molecule has 0 atom stereocenters. The maximum atomic E-state index is 5.57. The molecule has 0 bridgehead atoms. The predicted molar refractivity (Wildman–Crippen MR) is 43.2 cm³/mol. The molecule has 1 heterocycles. The second-order valence-corrected chi connectivity index (χ2v) is 2.95. The molecule has 0 spiro atoms. The molecule has 0 aromatic heterocycles. The number of hydrogen-bond acceptors (Lipinski definition) is 3. The summed E-state index contributed by atoms with van der Waals surface area (Å²) in [6.07, 6.45) is 1.83. The first kappa shape index (κ1) is 7.47. The van der Waals surface area contributed by atoms with Crippen LogP contribution < -0.4 is 11.1 Å². The van der Waals surface area contributed by atoms with E-state index in [2.05, 4.69) is 21.2 Å². The lowest BCUT2D eigenvalue weighted by Gasteiger charge is -2.15. The number of rotatable bonds is 1. The van der Waals surface area contributed by atoms with Crippen LogP contribution in [0.3, 0.4) is 0 Å². The van der Waals surface area contributed by atoms with Crippen molar-refractivity contribution >= 4 is 15.9 Å². The van der Waals surface area contributed by atoms with Gasteiger partial charge >= 0.3 is 0 Å². The SMILES string of the molecule is COC1=C(N)C=C(Br)CN1.